The lowest BCUT2D eigenvalue weighted by Crippen LogP contribution is -2.14. The van der Waals surface area contributed by atoms with E-state index in [9.17, 15) is 0 Å². The van der Waals surface area contributed by atoms with Crippen molar-refractivity contribution in [3.8, 4) is 11.3 Å². The van der Waals surface area contributed by atoms with Crippen molar-refractivity contribution < 1.29 is 4.42 Å². The van der Waals surface area contributed by atoms with Crippen LogP contribution < -0.4 is 5.32 Å². The van der Waals surface area contributed by atoms with E-state index in [-0.39, 0.29) is 0 Å². The number of nitrogens with one attached hydrogen (secondary N) is 1. The molecule has 0 saturated heterocycles. The van der Waals surface area contributed by atoms with Crippen molar-refractivity contribution in [3.05, 3.63) is 96.0 Å². The van der Waals surface area contributed by atoms with Gasteiger partial charge in [0.1, 0.15) is 11.5 Å². The molecule has 0 saturated carbocycles. The number of hydrogen-bond acceptors (Lipinski definition) is 2. The monoisotopic (exact) mass is 515 g/mol. The Kier molecular flexibility index (Phi) is 14.7. The van der Waals surface area contributed by atoms with Gasteiger partial charge in [0.25, 0.3) is 0 Å². The predicted octanol–water partition coefficient (Wildman–Crippen LogP) is 10.5. The molecule has 0 aliphatic rings. The maximum absolute atomic E-state index is 6.35. The average Bonchev–Trinajstić information content (AvgIpc) is 3.23. The van der Waals surface area contributed by atoms with E-state index >= 15 is 0 Å². The number of rotatable bonds is 20. The molecule has 0 bridgehead atoms. The zero-order valence-electron chi connectivity index (χ0n) is 24.8. The van der Waals surface area contributed by atoms with Gasteiger partial charge < -0.3 is 9.73 Å². The van der Waals surface area contributed by atoms with Gasteiger partial charge in [0.2, 0.25) is 0 Å². The summed E-state index contributed by atoms with van der Waals surface area (Å²) in [4.78, 5) is 0. The van der Waals surface area contributed by atoms with Crippen LogP contribution in [0.15, 0.2) is 77.9 Å². The Morgan fingerprint density at radius 2 is 1.71 bits per heavy atom. The number of furan rings is 1. The maximum atomic E-state index is 6.35. The van der Waals surface area contributed by atoms with Crippen molar-refractivity contribution in [1.29, 1.82) is 0 Å². The average molecular weight is 516 g/mol. The van der Waals surface area contributed by atoms with Crippen LogP contribution in [-0.4, -0.2) is 6.54 Å². The van der Waals surface area contributed by atoms with E-state index < -0.39 is 0 Å². The zero-order valence-corrected chi connectivity index (χ0v) is 24.8. The van der Waals surface area contributed by atoms with Gasteiger partial charge in [-0.3, -0.25) is 0 Å². The Morgan fingerprint density at radius 1 is 0.974 bits per heavy atom. The third-order valence-electron chi connectivity index (χ3n) is 7.56. The molecule has 208 valence electrons. The molecule has 0 amide bonds. The quantitative estimate of drug-likeness (QED) is 0.140. The first-order chi connectivity index (χ1) is 18.4. The van der Waals surface area contributed by atoms with E-state index in [0.717, 1.165) is 68.2 Å². The molecule has 2 aromatic rings. The molecule has 1 heterocycles. The van der Waals surface area contributed by atoms with Gasteiger partial charge in [-0.05, 0) is 68.1 Å². The summed E-state index contributed by atoms with van der Waals surface area (Å²) >= 11 is 0. The Hall–Kier alpha value is -2.74. The molecule has 2 heteroatoms. The highest BCUT2D eigenvalue weighted by Crippen LogP contribution is 2.33. The van der Waals surface area contributed by atoms with Crippen molar-refractivity contribution in [3.63, 3.8) is 0 Å². The minimum absolute atomic E-state index is 0.739. The van der Waals surface area contributed by atoms with Gasteiger partial charge in [-0.1, -0.05) is 122 Å². The molecule has 1 aromatic heterocycles. The Balaban J connectivity index is 1.90. The Bertz CT molecular complexity index is 1020. The molecule has 0 spiro atoms. The van der Waals surface area contributed by atoms with Crippen LogP contribution in [0, 0.1) is 12.8 Å². The molecule has 0 radical (unpaired) electrons. The number of hydrogen-bond donors (Lipinski definition) is 1. The smallest absolute Gasteiger partial charge is 0.137 e. The van der Waals surface area contributed by atoms with Crippen LogP contribution in [0.25, 0.3) is 11.3 Å². The Labute approximate surface area is 234 Å². The molecule has 1 N–H and O–H groups in total. The van der Waals surface area contributed by atoms with Gasteiger partial charge in [0.15, 0.2) is 0 Å². The third-order valence-corrected chi connectivity index (χ3v) is 7.56. The molecule has 0 aliphatic heterocycles. The molecule has 2 rings (SSSR count). The number of allylic oxidation sites excluding steroid dienone is 4. The van der Waals surface area contributed by atoms with Crippen LogP contribution in [0.1, 0.15) is 101 Å². The first kappa shape index (κ1) is 31.5. The first-order valence-corrected chi connectivity index (χ1v) is 15.0. The highest BCUT2D eigenvalue weighted by atomic mass is 16.3. The molecule has 1 aromatic carbocycles. The summed E-state index contributed by atoms with van der Waals surface area (Å²) < 4.78 is 6.35. The minimum atomic E-state index is 0.739. The fourth-order valence-corrected chi connectivity index (χ4v) is 5.31. The van der Waals surface area contributed by atoms with Gasteiger partial charge in [0.05, 0.1) is 0 Å². The standard InChI is InChI=1S/C36H53NO/c1-8-12-13-14-15-18-28(5)27-32-21-23-33(24-22-32)36-34(11-4)35(30(7)38-36)20-16-19-29(6)37-26-25-31(10-3)17-9-2/h9-10,17,21-24,28,37H,2-3,6,8,11-16,18-20,25-27H2,1,4-5,7H3/b31-17+. The molecule has 0 aliphatic carbocycles. The topological polar surface area (TPSA) is 25.2 Å². The highest BCUT2D eigenvalue weighted by Gasteiger charge is 2.18. The second kappa shape index (κ2) is 17.7. The first-order valence-electron chi connectivity index (χ1n) is 15.0. The summed E-state index contributed by atoms with van der Waals surface area (Å²) in [5.74, 6) is 2.85. The predicted molar refractivity (Wildman–Crippen MR) is 168 cm³/mol. The minimum Gasteiger partial charge on any atom is -0.461 e. The fourth-order valence-electron chi connectivity index (χ4n) is 5.31. The molecular weight excluding hydrogens is 462 g/mol. The van der Waals surface area contributed by atoms with Crippen molar-refractivity contribution in [2.24, 2.45) is 5.92 Å². The van der Waals surface area contributed by atoms with Crippen LogP contribution in [0.2, 0.25) is 0 Å². The highest BCUT2D eigenvalue weighted by molar-refractivity contribution is 5.64. The second-order valence-corrected chi connectivity index (χ2v) is 10.8. The summed E-state index contributed by atoms with van der Waals surface area (Å²) in [6.07, 6.45) is 20.0. The van der Waals surface area contributed by atoms with E-state index in [2.05, 4.69) is 77.0 Å². The molecule has 2 nitrogen and oxygen atoms in total. The number of unbranched alkanes of at least 4 members (excludes halogenated alkanes) is 4. The lowest BCUT2D eigenvalue weighted by Gasteiger charge is -2.12. The van der Waals surface area contributed by atoms with Gasteiger partial charge in [-0.15, -0.1) is 0 Å². The normalized spacial score (nSPS) is 12.4. The summed E-state index contributed by atoms with van der Waals surface area (Å²) in [7, 11) is 0. The van der Waals surface area contributed by atoms with Gasteiger partial charge in [-0.2, -0.15) is 0 Å². The molecular formula is C36H53NO. The summed E-state index contributed by atoms with van der Waals surface area (Å²) in [5.41, 5.74) is 7.65. The van der Waals surface area contributed by atoms with E-state index in [0.29, 0.717) is 0 Å². The van der Waals surface area contributed by atoms with Gasteiger partial charge in [0, 0.05) is 23.4 Å². The van der Waals surface area contributed by atoms with Crippen LogP contribution in [0.3, 0.4) is 0 Å². The van der Waals surface area contributed by atoms with E-state index in [4.69, 9.17) is 4.42 Å². The van der Waals surface area contributed by atoms with Gasteiger partial charge in [-0.25, -0.2) is 0 Å². The largest absolute Gasteiger partial charge is 0.461 e. The van der Waals surface area contributed by atoms with Crippen molar-refractivity contribution in [1.82, 2.24) is 5.32 Å². The van der Waals surface area contributed by atoms with E-state index in [1.807, 2.05) is 18.2 Å². The summed E-state index contributed by atoms with van der Waals surface area (Å²) in [6, 6.07) is 9.12. The van der Waals surface area contributed by atoms with Crippen LogP contribution in [0.5, 0.6) is 0 Å². The van der Waals surface area contributed by atoms with Crippen molar-refractivity contribution >= 4 is 0 Å². The number of aryl methyl sites for hydroxylation is 1. The van der Waals surface area contributed by atoms with E-state index in [1.165, 1.54) is 66.4 Å². The molecule has 1 unspecified atom stereocenters. The number of benzene rings is 1. The molecule has 0 fully saturated rings. The van der Waals surface area contributed by atoms with E-state index in [1.54, 1.807) is 0 Å². The Morgan fingerprint density at radius 3 is 2.37 bits per heavy atom. The third kappa shape index (κ3) is 10.6. The van der Waals surface area contributed by atoms with Crippen LogP contribution in [-0.2, 0) is 19.3 Å². The zero-order chi connectivity index (χ0) is 27.8. The van der Waals surface area contributed by atoms with Crippen LogP contribution >= 0.6 is 0 Å². The summed E-state index contributed by atoms with van der Waals surface area (Å²) in [5, 5.41) is 3.46. The second-order valence-electron chi connectivity index (χ2n) is 10.8. The lowest BCUT2D eigenvalue weighted by molar-refractivity contribution is 0.483. The maximum Gasteiger partial charge on any atom is 0.137 e. The molecule has 1 atom stereocenters. The molecule has 38 heavy (non-hydrogen) atoms. The van der Waals surface area contributed by atoms with Gasteiger partial charge >= 0.3 is 0 Å². The SMILES string of the molecule is C=C/C=C(\C=C)CCNC(=C)CCCc1c(C)oc(-c2ccc(CC(C)CCCCCCC)cc2)c1CC. The fraction of sp³-hybridized carbons (Fsp3) is 0.500. The van der Waals surface area contributed by atoms with Crippen LogP contribution in [0.4, 0.5) is 0 Å². The van der Waals surface area contributed by atoms with Crippen molar-refractivity contribution in [2.75, 3.05) is 6.54 Å². The lowest BCUT2D eigenvalue weighted by atomic mass is 9.93. The van der Waals surface area contributed by atoms with Crippen molar-refractivity contribution in [2.45, 2.75) is 105 Å². The summed E-state index contributed by atoms with van der Waals surface area (Å²) in [6.45, 7) is 21.8.